The first kappa shape index (κ1) is 22.8. The number of halogens is 1. The molecule has 1 N–H and O–H groups in total. The van der Waals surface area contributed by atoms with Crippen LogP contribution in [0.1, 0.15) is 42.9 Å². The highest BCUT2D eigenvalue weighted by Crippen LogP contribution is 2.29. The molecule has 4 heteroatoms. The number of hydrogen-bond acceptors (Lipinski definition) is 3. The van der Waals surface area contributed by atoms with Crippen molar-refractivity contribution in [3.63, 3.8) is 0 Å². The molecule has 0 aliphatic heterocycles. The molecule has 0 aromatic heterocycles. The number of benzene rings is 3. The smallest absolute Gasteiger partial charge is 0.123 e. The van der Waals surface area contributed by atoms with Crippen molar-refractivity contribution in [3.05, 3.63) is 95.3 Å². The summed E-state index contributed by atoms with van der Waals surface area (Å²) in [5.74, 6) is 0.857. The summed E-state index contributed by atoms with van der Waals surface area (Å²) in [4.78, 5) is 2.10. The molecule has 0 fully saturated rings. The molecule has 0 saturated carbocycles. The Kier molecular flexibility index (Phi) is 8.07. The van der Waals surface area contributed by atoms with E-state index >= 15 is 0 Å². The van der Waals surface area contributed by atoms with E-state index in [-0.39, 0.29) is 17.8 Å². The molecule has 31 heavy (non-hydrogen) atoms. The van der Waals surface area contributed by atoms with E-state index in [1.807, 2.05) is 52.2 Å². The molecule has 0 amide bonds. The monoisotopic (exact) mass is 420 g/mol. The highest BCUT2D eigenvalue weighted by atomic mass is 19.1. The second-order valence-electron chi connectivity index (χ2n) is 8.37. The van der Waals surface area contributed by atoms with Crippen LogP contribution in [0.15, 0.2) is 72.8 Å². The van der Waals surface area contributed by atoms with E-state index in [2.05, 4.69) is 46.6 Å². The molecule has 0 saturated heterocycles. The van der Waals surface area contributed by atoms with Gasteiger partial charge < -0.3 is 15.0 Å². The molecule has 0 unspecified atom stereocenters. The largest absolute Gasteiger partial charge is 0.491 e. The molecular weight excluding hydrogens is 387 g/mol. The maximum Gasteiger partial charge on any atom is 0.123 e. The molecule has 0 radical (unpaired) electrons. The molecule has 0 aliphatic rings. The summed E-state index contributed by atoms with van der Waals surface area (Å²) in [5, 5.41) is 3.56. The molecule has 0 aliphatic carbocycles. The molecule has 3 aromatic carbocycles. The Hall–Kier alpha value is -2.85. The second kappa shape index (κ2) is 11.0. The summed E-state index contributed by atoms with van der Waals surface area (Å²) in [5.41, 5.74) is 4.79. The predicted molar refractivity (Wildman–Crippen MR) is 128 cm³/mol. The molecule has 0 bridgehead atoms. The number of nitrogens with zero attached hydrogens (tertiary/aromatic N) is 1. The fraction of sp³-hybridized carbons (Fsp3) is 0.333. The van der Waals surface area contributed by atoms with E-state index in [0.29, 0.717) is 0 Å². The highest BCUT2D eigenvalue weighted by Gasteiger charge is 2.15. The first-order chi connectivity index (χ1) is 14.9. The molecule has 164 valence electrons. The molecule has 0 heterocycles. The first-order valence-electron chi connectivity index (χ1n) is 10.9. The number of hydrogen-bond donors (Lipinski definition) is 1. The third kappa shape index (κ3) is 6.83. The van der Waals surface area contributed by atoms with Gasteiger partial charge in [0.05, 0.1) is 6.10 Å². The minimum absolute atomic E-state index is 0.148. The summed E-state index contributed by atoms with van der Waals surface area (Å²) >= 11 is 0. The normalized spacial score (nSPS) is 12.1. The molecule has 0 spiro atoms. The fourth-order valence-corrected chi connectivity index (χ4v) is 3.66. The minimum Gasteiger partial charge on any atom is -0.491 e. The Bertz CT molecular complexity index is 919. The average Bonchev–Trinajstić information content (AvgIpc) is 2.75. The SMILES string of the molecule is CC(C)Oc1ccc([C@@H](CCNCc2ccc(N(C)C)cc2)c2ccc(F)cc2)cc1. The number of nitrogens with one attached hydrogen (secondary N) is 1. The second-order valence-corrected chi connectivity index (χ2v) is 8.37. The lowest BCUT2D eigenvalue weighted by Crippen LogP contribution is -2.18. The van der Waals surface area contributed by atoms with E-state index in [1.54, 1.807) is 0 Å². The van der Waals surface area contributed by atoms with Gasteiger partial charge in [-0.15, -0.1) is 0 Å². The zero-order valence-electron chi connectivity index (χ0n) is 18.9. The van der Waals surface area contributed by atoms with E-state index in [9.17, 15) is 4.39 Å². The van der Waals surface area contributed by atoms with Gasteiger partial charge in [-0.2, -0.15) is 0 Å². The van der Waals surface area contributed by atoms with Crippen LogP contribution in [0.2, 0.25) is 0 Å². The van der Waals surface area contributed by atoms with Gasteiger partial charge >= 0.3 is 0 Å². The van der Waals surface area contributed by atoms with Crippen molar-refractivity contribution in [1.29, 1.82) is 0 Å². The minimum atomic E-state index is -0.206. The summed E-state index contributed by atoms with van der Waals surface area (Å²) in [6, 6.07) is 23.7. The van der Waals surface area contributed by atoms with Crippen molar-refractivity contribution in [2.24, 2.45) is 0 Å². The Morgan fingerprint density at radius 1 is 0.839 bits per heavy atom. The third-order valence-corrected chi connectivity index (χ3v) is 5.32. The molecular formula is C27H33FN2O. The number of rotatable bonds is 10. The van der Waals surface area contributed by atoms with Crippen molar-refractivity contribution >= 4 is 5.69 Å². The van der Waals surface area contributed by atoms with E-state index < -0.39 is 0 Å². The van der Waals surface area contributed by atoms with Crippen LogP contribution in [0.4, 0.5) is 10.1 Å². The van der Waals surface area contributed by atoms with E-state index in [4.69, 9.17) is 4.74 Å². The van der Waals surface area contributed by atoms with Crippen LogP contribution in [0.3, 0.4) is 0 Å². The van der Waals surface area contributed by atoms with Crippen LogP contribution >= 0.6 is 0 Å². The van der Waals surface area contributed by atoms with Gasteiger partial charge in [-0.05, 0) is 79.9 Å². The van der Waals surface area contributed by atoms with Crippen molar-refractivity contribution in [2.45, 2.75) is 38.8 Å². The van der Waals surface area contributed by atoms with Gasteiger partial charge in [0.1, 0.15) is 11.6 Å². The Balaban J connectivity index is 1.65. The van der Waals surface area contributed by atoms with Crippen molar-refractivity contribution < 1.29 is 9.13 Å². The van der Waals surface area contributed by atoms with Gasteiger partial charge in [-0.1, -0.05) is 36.4 Å². The fourth-order valence-electron chi connectivity index (χ4n) is 3.66. The van der Waals surface area contributed by atoms with Crippen molar-refractivity contribution in [2.75, 3.05) is 25.5 Å². The summed E-state index contributed by atoms with van der Waals surface area (Å²) < 4.78 is 19.2. The van der Waals surface area contributed by atoms with Gasteiger partial charge in [0.25, 0.3) is 0 Å². The molecule has 3 nitrogen and oxygen atoms in total. The van der Waals surface area contributed by atoms with Crippen LogP contribution in [-0.2, 0) is 6.54 Å². The predicted octanol–water partition coefficient (Wildman–Crippen LogP) is 5.99. The van der Waals surface area contributed by atoms with Crippen LogP contribution in [-0.4, -0.2) is 26.7 Å². The highest BCUT2D eigenvalue weighted by molar-refractivity contribution is 5.46. The Morgan fingerprint density at radius 2 is 1.42 bits per heavy atom. The maximum atomic E-state index is 13.5. The van der Waals surface area contributed by atoms with Gasteiger partial charge in [0, 0.05) is 32.2 Å². The zero-order valence-corrected chi connectivity index (χ0v) is 18.9. The molecule has 3 rings (SSSR count). The van der Waals surface area contributed by atoms with Gasteiger partial charge in [0.15, 0.2) is 0 Å². The van der Waals surface area contributed by atoms with Crippen LogP contribution in [0.5, 0.6) is 5.75 Å². The molecule has 1 atom stereocenters. The average molecular weight is 421 g/mol. The van der Waals surface area contributed by atoms with E-state index in [0.717, 1.165) is 30.8 Å². The third-order valence-electron chi connectivity index (χ3n) is 5.32. The van der Waals surface area contributed by atoms with Gasteiger partial charge in [-0.25, -0.2) is 4.39 Å². The van der Waals surface area contributed by atoms with Gasteiger partial charge in [0.2, 0.25) is 0 Å². The Morgan fingerprint density at radius 3 is 1.97 bits per heavy atom. The number of ether oxygens (including phenoxy) is 1. The quantitative estimate of drug-likeness (QED) is 0.408. The molecule has 3 aromatic rings. The lowest BCUT2D eigenvalue weighted by molar-refractivity contribution is 0.242. The van der Waals surface area contributed by atoms with Crippen LogP contribution < -0.4 is 15.0 Å². The number of anilines is 1. The van der Waals surface area contributed by atoms with Crippen LogP contribution in [0, 0.1) is 5.82 Å². The Labute approximate surface area is 185 Å². The lowest BCUT2D eigenvalue weighted by atomic mass is 9.88. The summed E-state index contributed by atoms with van der Waals surface area (Å²) in [7, 11) is 4.09. The summed E-state index contributed by atoms with van der Waals surface area (Å²) in [6.45, 7) is 5.73. The first-order valence-corrected chi connectivity index (χ1v) is 10.9. The van der Waals surface area contributed by atoms with Crippen molar-refractivity contribution in [1.82, 2.24) is 5.32 Å². The topological polar surface area (TPSA) is 24.5 Å². The standard InChI is InChI=1S/C27H33FN2O/c1-20(2)31-26-15-9-23(10-16-26)27(22-7-11-24(28)12-8-22)17-18-29-19-21-5-13-25(14-6-21)30(3)4/h5-16,20,27,29H,17-19H2,1-4H3/t27-/m0/s1. The maximum absolute atomic E-state index is 13.5. The van der Waals surface area contributed by atoms with E-state index in [1.165, 1.54) is 28.9 Å². The zero-order chi connectivity index (χ0) is 22.2. The van der Waals surface area contributed by atoms with Gasteiger partial charge in [-0.3, -0.25) is 0 Å². The summed E-state index contributed by atoms with van der Waals surface area (Å²) in [6.07, 6.45) is 1.07. The van der Waals surface area contributed by atoms with Crippen molar-refractivity contribution in [3.8, 4) is 5.75 Å². The van der Waals surface area contributed by atoms with Crippen LogP contribution in [0.25, 0.3) is 0 Å². The lowest BCUT2D eigenvalue weighted by Gasteiger charge is -2.20.